The predicted molar refractivity (Wildman–Crippen MR) is 185 cm³/mol. The molecule has 0 aromatic heterocycles. The first-order valence-electron chi connectivity index (χ1n) is 16.3. The van der Waals surface area contributed by atoms with Gasteiger partial charge in [-0.2, -0.15) is 0 Å². The molecule has 4 aromatic carbocycles. The minimum absolute atomic E-state index is 0.0115. The van der Waals surface area contributed by atoms with Crippen molar-refractivity contribution < 1.29 is 14.9 Å². The zero-order valence-electron chi connectivity index (χ0n) is 26.9. The van der Waals surface area contributed by atoms with E-state index < -0.39 is 6.29 Å². The Labute approximate surface area is 265 Å². The van der Waals surface area contributed by atoms with Gasteiger partial charge in [-0.15, -0.1) is 0 Å². The van der Waals surface area contributed by atoms with Crippen LogP contribution in [0.2, 0.25) is 0 Å². The Morgan fingerprint density at radius 2 is 1.25 bits per heavy atom. The lowest BCUT2D eigenvalue weighted by Gasteiger charge is -2.18. The lowest BCUT2D eigenvalue weighted by molar-refractivity contribution is -0.0878. The Morgan fingerprint density at radius 3 is 1.82 bits per heavy atom. The summed E-state index contributed by atoms with van der Waals surface area (Å²) in [6, 6.07) is 33.7. The van der Waals surface area contributed by atoms with Crippen LogP contribution in [0.3, 0.4) is 0 Å². The van der Waals surface area contributed by atoms with E-state index in [-0.39, 0.29) is 12.5 Å². The van der Waals surface area contributed by atoms with Crippen LogP contribution in [-0.2, 0) is 36.8 Å². The van der Waals surface area contributed by atoms with Gasteiger partial charge in [0.1, 0.15) is 0 Å². The average molecular weight is 591 g/mol. The molecule has 0 aliphatic heterocycles. The molecule has 3 nitrogen and oxygen atoms in total. The van der Waals surface area contributed by atoms with E-state index in [1.165, 1.54) is 70.2 Å². The quantitative estimate of drug-likeness (QED) is 0.0732. The molecule has 0 amide bonds. The molecule has 0 heterocycles. The Hall–Kier alpha value is -3.50. The molecule has 2 N–H and O–H groups in total. The van der Waals surface area contributed by atoms with Crippen molar-refractivity contribution in [1.82, 2.24) is 0 Å². The zero-order valence-corrected chi connectivity index (χ0v) is 26.9. The van der Waals surface area contributed by atoms with Crippen molar-refractivity contribution in [3.63, 3.8) is 0 Å². The summed E-state index contributed by atoms with van der Waals surface area (Å²) in [5.41, 5.74) is 12.3. The molecule has 4 aromatic rings. The van der Waals surface area contributed by atoms with Crippen LogP contribution in [0, 0.1) is 5.92 Å². The fourth-order valence-corrected chi connectivity index (χ4v) is 5.65. The number of hydrogen-bond donors (Lipinski definition) is 2. The van der Waals surface area contributed by atoms with Gasteiger partial charge in [-0.25, -0.2) is 0 Å². The summed E-state index contributed by atoms with van der Waals surface area (Å²) in [6.45, 7) is 10.2. The van der Waals surface area contributed by atoms with Crippen molar-refractivity contribution in [3.05, 3.63) is 131 Å². The zero-order chi connectivity index (χ0) is 31.3. The van der Waals surface area contributed by atoms with Crippen LogP contribution in [0.25, 0.3) is 22.3 Å². The van der Waals surface area contributed by atoms with Crippen molar-refractivity contribution in [2.24, 2.45) is 5.92 Å². The SMILES string of the molecule is C=C(C)C(O)OCC(CO)Cc1ccc(CCc2ccc(-c3ccc(-c4ccc(CCCCC)cc4)c(CC)c3)cc2)cc1. The summed E-state index contributed by atoms with van der Waals surface area (Å²) < 4.78 is 5.42. The topological polar surface area (TPSA) is 49.7 Å². The van der Waals surface area contributed by atoms with Crippen molar-refractivity contribution in [3.8, 4) is 22.3 Å². The molecule has 0 fully saturated rings. The van der Waals surface area contributed by atoms with Gasteiger partial charge < -0.3 is 14.9 Å². The van der Waals surface area contributed by atoms with Gasteiger partial charge in [0.15, 0.2) is 6.29 Å². The molecule has 0 aliphatic rings. The first kappa shape index (κ1) is 33.4. The molecule has 44 heavy (non-hydrogen) atoms. The minimum Gasteiger partial charge on any atom is -0.396 e. The van der Waals surface area contributed by atoms with E-state index in [1.807, 2.05) is 0 Å². The second-order valence-corrected chi connectivity index (χ2v) is 12.2. The molecular weight excluding hydrogens is 540 g/mol. The second-order valence-electron chi connectivity index (χ2n) is 12.2. The highest BCUT2D eigenvalue weighted by atomic mass is 16.6. The monoisotopic (exact) mass is 590 g/mol. The van der Waals surface area contributed by atoms with E-state index in [4.69, 9.17) is 4.74 Å². The lowest BCUT2D eigenvalue weighted by atomic mass is 9.92. The van der Waals surface area contributed by atoms with Gasteiger partial charge in [0.2, 0.25) is 0 Å². The van der Waals surface area contributed by atoms with Crippen LogP contribution < -0.4 is 0 Å². The smallest absolute Gasteiger partial charge is 0.176 e. The van der Waals surface area contributed by atoms with Gasteiger partial charge in [0.05, 0.1) is 6.61 Å². The van der Waals surface area contributed by atoms with E-state index in [0.717, 1.165) is 24.8 Å². The maximum Gasteiger partial charge on any atom is 0.176 e. The number of rotatable bonds is 17. The first-order valence-corrected chi connectivity index (χ1v) is 16.3. The van der Waals surface area contributed by atoms with E-state index in [0.29, 0.717) is 18.6 Å². The third kappa shape index (κ3) is 9.75. The number of ether oxygens (including phenoxy) is 1. The molecule has 0 spiro atoms. The number of benzene rings is 4. The standard InChI is InChI=1S/C41H50O3/c1-5-7-8-9-31-18-22-38(23-19-31)40-25-24-39(27-36(40)6-2)37-20-16-33(17-21-37)11-10-32-12-14-34(15-13-32)26-35(28-42)29-44-41(43)30(3)4/h12-25,27,35,41-43H,3,5-11,26,28-29H2,1-2,4H3. The molecule has 2 unspecified atom stereocenters. The second kappa shape index (κ2) is 17.1. The Kier molecular flexibility index (Phi) is 13.0. The summed E-state index contributed by atoms with van der Waals surface area (Å²) in [7, 11) is 0. The van der Waals surface area contributed by atoms with Crippen molar-refractivity contribution in [1.29, 1.82) is 0 Å². The van der Waals surface area contributed by atoms with Gasteiger partial charge >= 0.3 is 0 Å². The van der Waals surface area contributed by atoms with E-state index in [9.17, 15) is 10.2 Å². The summed E-state index contributed by atoms with van der Waals surface area (Å²) in [5.74, 6) is -0.0652. The van der Waals surface area contributed by atoms with Crippen molar-refractivity contribution in [2.75, 3.05) is 13.2 Å². The number of aliphatic hydroxyl groups is 2. The Balaban J connectivity index is 1.32. The predicted octanol–water partition coefficient (Wildman–Crippen LogP) is 9.16. The summed E-state index contributed by atoms with van der Waals surface area (Å²) in [5, 5.41) is 19.5. The average Bonchev–Trinajstić information content (AvgIpc) is 3.06. The van der Waals surface area contributed by atoms with Crippen molar-refractivity contribution >= 4 is 0 Å². The molecule has 3 heteroatoms. The fourth-order valence-electron chi connectivity index (χ4n) is 5.65. The Morgan fingerprint density at radius 1 is 0.705 bits per heavy atom. The van der Waals surface area contributed by atoms with Crippen molar-refractivity contribution in [2.45, 2.75) is 78.4 Å². The molecule has 232 valence electrons. The van der Waals surface area contributed by atoms with Crippen LogP contribution in [0.1, 0.15) is 67.9 Å². The highest BCUT2D eigenvalue weighted by Crippen LogP contribution is 2.30. The molecule has 0 saturated carbocycles. The molecule has 0 radical (unpaired) electrons. The molecule has 2 atom stereocenters. The summed E-state index contributed by atoms with van der Waals surface area (Å²) in [4.78, 5) is 0. The Bertz CT molecular complexity index is 1440. The van der Waals surface area contributed by atoms with Crippen LogP contribution >= 0.6 is 0 Å². The third-order valence-corrected chi connectivity index (χ3v) is 8.53. The maximum absolute atomic E-state index is 9.80. The minimum atomic E-state index is -0.983. The number of aryl methyl sites for hydroxylation is 4. The van der Waals surface area contributed by atoms with E-state index in [1.54, 1.807) is 6.92 Å². The van der Waals surface area contributed by atoms with Gasteiger partial charge in [-0.3, -0.25) is 0 Å². The van der Waals surface area contributed by atoms with Gasteiger partial charge in [-0.1, -0.05) is 124 Å². The lowest BCUT2D eigenvalue weighted by Crippen LogP contribution is -2.22. The molecular formula is C41H50O3. The van der Waals surface area contributed by atoms with Gasteiger partial charge in [0.25, 0.3) is 0 Å². The fraction of sp³-hybridized carbons (Fsp3) is 0.366. The van der Waals surface area contributed by atoms with Crippen LogP contribution in [0.5, 0.6) is 0 Å². The van der Waals surface area contributed by atoms with Crippen LogP contribution in [0.4, 0.5) is 0 Å². The molecule has 0 aliphatic carbocycles. The number of aliphatic hydroxyl groups excluding tert-OH is 2. The summed E-state index contributed by atoms with van der Waals surface area (Å²) in [6.07, 6.45) is 7.68. The first-order chi connectivity index (χ1) is 21.4. The molecule has 4 rings (SSSR count). The van der Waals surface area contributed by atoms with Crippen LogP contribution in [-0.4, -0.2) is 29.7 Å². The third-order valence-electron chi connectivity index (χ3n) is 8.53. The highest BCUT2D eigenvalue weighted by molar-refractivity contribution is 5.74. The highest BCUT2D eigenvalue weighted by Gasteiger charge is 2.13. The van der Waals surface area contributed by atoms with Gasteiger partial charge in [-0.05, 0) is 101 Å². The largest absolute Gasteiger partial charge is 0.396 e. The number of unbranched alkanes of at least 4 members (excludes halogenated alkanes) is 2. The normalized spacial score (nSPS) is 12.7. The molecule has 0 bridgehead atoms. The van der Waals surface area contributed by atoms with E-state index >= 15 is 0 Å². The summed E-state index contributed by atoms with van der Waals surface area (Å²) >= 11 is 0. The number of hydrogen-bond acceptors (Lipinski definition) is 3. The van der Waals surface area contributed by atoms with Crippen LogP contribution in [0.15, 0.2) is 103 Å². The molecule has 0 saturated heterocycles. The van der Waals surface area contributed by atoms with E-state index in [2.05, 4.69) is 111 Å². The van der Waals surface area contributed by atoms with Gasteiger partial charge in [0, 0.05) is 12.5 Å². The maximum atomic E-state index is 9.80.